The van der Waals surface area contributed by atoms with Crippen molar-refractivity contribution in [1.82, 2.24) is 20.2 Å². The van der Waals surface area contributed by atoms with Gasteiger partial charge in [0, 0.05) is 23.4 Å². The van der Waals surface area contributed by atoms with Gasteiger partial charge in [-0.1, -0.05) is 5.22 Å². The average Bonchev–Trinajstić information content (AvgIpc) is 3.20. The molecule has 106 valence electrons. The highest BCUT2D eigenvalue weighted by molar-refractivity contribution is 7.11. The molecule has 2 aliphatic heterocycles. The largest absolute Gasteiger partial charge is 0.362 e. The Morgan fingerprint density at radius 1 is 1.38 bits per heavy atom. The molecule has 2 amide bonds. The number of thiophene rings is 1. The number of amides is 2. The van der Waals surface area contributed by atoms with Gasteiger partial charge < -0.3 is 5.32 Å². The van der Waals surface area contributed by atoms with Crippen molar-refractivity contribution >= 4 is 34.4 Å². The Morgan fingerprint density at radius 2 is 2.29 bits per heavy atom. The molecule has 9 heteroatoms. The lowest BCUT2D eigenvalue weighted by molar-refractivity contribution is 0.165. The lowest BCUT2D eigenvalue weighted by Gasteiger charge is -2.23. The number of rotatable bonds is 2. The zero-order valence-electron chi connectivity index (χ0n) is 11.0. The zero-order chi connectivity index (χ0) is 14.4. The maximum absolute atomic E-state index is 12.0. The highest BCUT2D eigenvalue weighted by Gasteiger charge is 2.34. The van der Waals surface area contributed by atoms with Crippen LogP contribution in [0.2, 0.25) is 0 Å². The Kier molecular flexibility index (Phi) is 2.76. The molecule has 0 bridgehead atoms. The number of hydrogen-bond donors (Lipinski definition) is 1. The van der Waals surface area contributed by atoms with Crippen LogP contribution in [-0.4, -0.2) is 34.6 Å². The van der Waals surface area contributed by atoms with Crippen molar-refractivity contribution in [2.24, 2.45) is 10.3 Å². The molecule has 0 saturated heterocycles. The van der Waals surface area contributed by atoms with E-state index in [0.29, 0.717) is 12.5 Å². The molecule has 0 spiro atoms. The third-order valence-electron chi connectivity index (χ3n) is 3.21. The van der Waals surface area contributed by atoms with Crippen molar-refractivity contribution in [1.29, 1.82) is 0 Å². The molecular formula is C12H10N6OS2. The second-order valence-corrected chi connectivity index (χ2v) is 6.15. The van der Waals surface area contributed by atoms with E-state index >= 15 is 0 Å². The van der Waals surface area contributed by atoms with Gasteiger partial charge in [-0.3, -0.25) is 4.90 Å². The quantitative estimate of drug-likeness (QED) is 0.925. The monoisotopic (exact) mass is 318 g/mol. The molecule has 4 heterocycles. The van der Waals surface area contributed by atoms with Crippen LogP contribution in [0, 0.1) is 0 Å². The van der Waals surface area contributed by atoms with E-state index in [4.69, 9.17) is 0 Å². The summed E-state index contributed by atoms with van der Waals surface area (Å²) >= 11 is 3.16. The van der Waals surface area contributed by atoms with Crippen LogP contribution in [0.3, 0.4) is 0 Å². The Morgan fingerprint density at radius 3 is 3.10 bits per heavy atom. The number of nitrogens with one attached hydrogen (secondary N) is 1. The van der Waals surface area contributed by atoms with Gasteiger partial charge in [0.25, 0.3) is 0 Å². The molecule has 7 nitrogen and oxygen atoms in total. The number of urea groups is 1. The van der Waals surface area contributed by atoms with E-state index in [-0.39, 0.29) is 6.03 Å². The number of hydrogen-bond acceptors (Lipinski definition) is 7. The van der Waals surface area contributed by atoms with Crippen LogP contribution < -0.4 is 5.32 Å². The molecular weight excluding hydrogens is 308 g/mol. The third kappa shape index (κ3) is 1.93. The topological polar surface area (TPSA) is 73.2 Å². The SMILES string of the molecule is CN1N=NC2=C(c3nc(-c4ccsc4)cs3)NCN2C1=O. The summed E-state index contributed by atoms with van der Waals surface area (Å²) in [5, 5.41) is 19.2. The summed E-state index contributed by atoms with van der Waals surface area (Å²) in [6, 6.07) is 1.84. The van der Waals surface area contributed by atoms with Crippen molar-refractivity contribution < 1.29 is 4.79 Å². The summed E-state index contributed by atoms with van der Waals surface area (Å²) in [6.45, 7) is 0.389. The summed E-state index contributed by atoms with van der Waals surface area (Å²) in [7, 11) is 1.58. The van der Waals surface area contributed by atoms with E-state index in [1.807, 2.05) is 16.8 Å². The van der Waals surface area contributed by atoms with Gasteiger partial charge in [-0.25, -0.2) is 9.78 Å². The van der Waals surface area contributed by atoms with Crippen LogP contribution in [0.25, 0.3) is 17.0 Å². The molecule has 0 aromatic carbocycles. The summed E-state index contributed by atoms with van der Waals surface area (Å²) in [6.07, 6.45) is 0. The first-order chi connectivity index (χ1) is 10.2. The molecule has 2 aliphatic rings. The highest BCUT2D eigenvalue weighted by atomic mass is 32.1. The standard InChI is InChI=1S/C12H10N6OS2/c1-17-12(19)18-6-13-9(10(18)15-16-17)11-14-8(5-21-11)7-2-3-20-4-7/h2-5,13H,6H2,1H3. The predicted molar refractivity (Wildman–Crippen MR) is 80.2 cm³/mol. The van der Waals surface area contributed by atoms with Gasteiger partial charge in [0.15, 0.2) is 5.82 Å². The molecule has 0 saturated carbocycles. The minimum atomic E-state index is -0.197. The third-order valence-corrected chi connectivity index (χ3v) is 4.75. The smallest absolute Gasteiger partial charge is 0.348 e. The van der Waals surface area contributed by atoms with Gasteiger partial charge in [0.1, 0.15) is 10.7 Å². The van der Waals surface area contributed by atoms with Crippen LogP contribution in [0.15, 0.2) is 38.4 Å². The number of carbonyl (C=O) groups excluding carboxylic acids is 1. The lowest BCUT2D eigenvalue weighted by Crippen LogP contribution is -2.40. The summed E-state index contributed by atoms with van der Waals surface area (Å²) in [5.41, 5.74) is 2.79. The van der Waals surface area contributed by atoms with Gasteiger partial charge in [0.2, 0.25) is 0 Å². The maximum atomic E-state index is 12.0. The van der Waals surface area contributed by atoms with Crippen molar-refractivity contribution in [3.63, 3.8) is 0 Å². The normalized spacial score (nSPS) is 17.5. The van der Waals surface area contributed by atoms with Crippen molar-refractivity contribution in [3.05, 3.63) is 33.0 Å². The van der Waals surface area contributed by atoms with Crippen molar-refractivity contribution in [2.75, 3.05) is 13.7 Å². The molecule has 0 aliphatic carbocycles. The molecule has 0 atom stereocenters. The second-order valence-electron chi connectivity index (χ2n) is 4.51. The maximum Gasteiger partial charge on any atom is 0.348 e. The molecule has 0 unspecified atom stereocenters. The van der Waals surface area contributed by atoms with E-state index in [0.717, 1.165) is 22.0 Å². The average molecular weight is 318 g/mol. The van der Waals surface area contributed by atoms with E-state index in [2.05, 4.69) is 26.0 Å². The van der Waals surface area contributed by atoms with Crippen LogP contribution in [0.4, 0.5) is 4.79 Å². The number of nitrogens with zero attached hydrogens (tertiary/aromatic N) is 5. The molecule has 2 aromatic rings. The summed E-state index contributed by atoms with van der Waals surface area (Å²) < 4.78 is 0. The molecule has 0 radical (unpaired) electrons. The van der Waals surface area contributed by atoms with E-state index in [1.54, 1.807) is 23.3 Å². The Bertz CT molecular complexity index is 763. The van der Waals surface area contributed by atoms with E-state index in [9.17, 15) is 4.79 Å². The Hall–Kier alpha value is -2.26. The first-order valence-electron chi connectivity index (χ1n) is 6.17. The number of thiazole rings is 1. The van der Waals surface area contributed by atoms with Crippen molar-refractivity contribution in [3.8, 4) is 11.3 Å². The minimum absolute atomic E-state index is 0.197. The lowest BCUT2D eigenvalue weighted by atomic mass is 10.3. The Balaban J connectivity index is 1.74. The van der Waals surface area contributed by atoms with Gasteiger partial charge in [-0.15, -0.1) is 16.5 Å². The summed E-state index contributed by atoms with van der Waals surface area (Å²) in [5.74, 6) is 0.532. The predicted octanol–water partition coefficient (Wildman–Crippen LogP) is 2.79. The fraction of sp³-hybridized carbons (Fsp3) is 0.167. The van der Waals surface area contributed by atoms with Gasteiger partial charge >= 0.3 is 6.03 Å². The van der Waals surface area contributed by atoms with E-state index in [1.165, 1.54) is 16.3 Å². The summed E-state index contributed by atoms with van der Waals surface area (Å²) in [4.78, 5) is 18.2. The highest BCUT2D eigenvalue weighted by Crippen LogP contribution is 2.32. The van der Waals surface area contributed by atoms with Gasteiger partial charge in [-0.2, -0.15) is 16.3 Å². The molecule has 2 aromatic heterocycles. The van der Waals surface area contributed by atoms with E-state index < -0.39 is 0 Å². The molecule has 0 fully saturated rings. The van der Waals surface area contributed by atoms with Crippen LogP contribution in [0.1, 0.15) is 5.01 Å². The second kappa shape index (κ2) is 4.64. The number of fused-ring (bicyclic) bond motifs is 1. The molecule has 4 rings (SSSR count). The van der Waals surface area contributed by atoms with Crippen LogP contribution >= 0.6 is 22.7 Å². The first-order valence-corrected chi connectivity index (χ1v) is 8.00. The molecule has 21 heavy (non-hydrogen) atoms. The minimum Gasteiger partial charge on any atom is -0.362 e. The fourth-order valence-corrected chi connectivity index (χ4v) is 3.63. The fourth-order valence-electron chi connectivity index (χ4n) is 2.13. The van der Waals surface area contributed by atoms with Gasteiger partial charge in [0.05, 0.1) is 12.4 Å². The number of aromatic nitrogens is 1. The number of carbonyl (C=O) groups is 1. The van der Waals surface area contributed by atoms with Crippen LogP contribution in [-0.2, 0) is 0 Å². The van der Waals surface area contributed by atoms with Gasteiger partial charge in [-0.05, 0) is 11.4 Å². The first kappa shape index (κ1) is 12.5. The molecule has 1 N–H and O–H groups in total. The van der Waals surface area contributed by atoms with Crippen molar-refractivity contribution in [2.45, 2.75) is 0 Å². The zero-order valence-corrected chi connectivity index (χ0v) is 12.6. The van der Waals surface area contributed by atoms with Crippen LogP contribution in [0.5, 0.6) is 0 Å². The Labute approximate surface area is 128 Å².